The molecule has 0 spiro atoms. The molecule has 0 bridgehead atoms. The van der Waals surface area contributed by atoms with Crippen LogP contribution in [0.1, 0.15) is 15.9 Å². The number of hydrogen-bond acceptors (Lipinski definition) is 4. The van der Waals surface area contributed by atoms with Crippen molar-refractivity contribution >= 4 is 21.7 Å². The minimum Gasteiger partial charge on any atom is -0.439 e. The van der Waals surface area contributed by atoms with Gasteiger partial charge in [0.25, 0.3) is 0 Å². The quantitative estimate of drug-likeness (QED) is 0.416. The molecular formula is C17H10BrF4N3O2. The lowest BCUT2D eigenvalue weighted by molar-refractivity contribution is -0.138. The van der Waals surface area contributed by atoms with Crippen molar-refractivity contribution in [3.8, 4) is 11.6 Å². The van der Waals surface area contributed by atoms with Crippen LogP contribution >= 0.6 is 15.9 Å². The lowest BCUT2D eigenvalue weighted by atomic mass is 10.1. The summed E-state index contributed by atoms with van der Waals surface area (Å²) in [5.41, 5.74) is -1.89. The molecule has 0 saturated heterocycles. The fraction of sp³-hybridized carbons (Fsp3) is 0.118. The number of pyridine rings is 1. The number of hydrogen-bond donors (Lipinski definition) is 0. The number of rotatable bonds is 5. The average molecular weight is 444 g/mol. The van der Waals surface area contributed by atoms with Gasteiger partial charge in [-0.05, 0) is 24.3 Å². The van der Waals surface area contributed by atoms with E-state index in [0.717, 1.165) is 27.8 Å². The molecule has 0 atom stereocenters. The maximum Gasteiger partial charge on any atom is 0.417 e. The van der Waals surface area contributed by atoms with Crippen molar-refractivity contribution in [1.82, 2.24) is 14.5 Å². The fourth-order valence-electron chi connectivity index (χ4n) is 2.23. The minimum absolute atomic E-state index is 0.276. The fourth-order valence-corrected chi connectivity index (χ4v) is 2.50. The number of benzene rings is 1. The van der Waals surface area contributed by atoms with Crippen LogP contribution < -0.4 is 4.74 Å². The van der Waals surface area contributed by atoms with Gasteiger partial charge in [0.05, 0.1) is 30.2 Å². The van der Waals surface area contributed by atoms with Crippen LogP contribution in [0.5, 0.6) is 11.6 Å². The standard InChI is InChI=1S/C17H10BrF4N3O2/c18-10-1-3-11(4-2-10)27-16-5-13(17(20,21)22)12(6-24-16)14(26)8-25-9-23-7-15(25)19/h1-7,9H,8H2. The number of Topliss-reactive ketones (excluding diaryl/α,β-unsaturated/α-hetero) is 1. The first-order valence-corrected chi connectivity index (χ1v) is 8.23. The SMILES string of the molecule is O=C(Cn1cncc1F)c1cnc(Oc2ccc(Br)cc2)cc1C(F)(F)F. The molecule has 0 amide bonds. The molecule has 2 heterocycles. The number of carbonyl (C=O) groups is 1. The highest BCUT2D eigenvalue weighted by molar-refractivity contribution is 9.10. The number of alkyl halides is 3. The normalized spacial score (nSPS) is 11.4. The molecule has 3 aromatic rings. The summed E-state index contributed by atoms with van der Waals surface area (Å²) in [7, 11) is 0. The Hall–Kier alpha value is -2.75. The molecule has 5 nitrogen and oxygen atoms in total. The Balaban J connectivity index is 1.91. The van der Waals surface area contributed by atoms with Crippen molar-refractivity contribution in [3.05, 3.63) is 70.6 Å². The predicted octanol–water partition coefficient (Wildman–Crippen LogP) is 4.87. The van der Waals surface area contributed by atoms with Gasteiger partial charge >= 0.3 is 6.18 Å². The summed E-state index contributed by atoms with van der Waals surface area (Å²) < 4.78 is 60.5. The van der Waals surface area contributed by atoms with Gasteiger partial charge in [-0.1, -0.05) is 15.9 Å². The summed E-state index contributed by atoms with van der Waals surface area (Å²) in [6, 6.07) is 7.02. The van der Waals surface area contributed by atoms with Crippen molar-refractivity contribution in [2.45, 2.75) is 12.7 Å². The molecule has 0 aliphatic heterocycles. The van der Waals surface area contributed by atoms with Crippen LogP contribution in [-0.2, 0) is 12.7 Å². The number of aromatic nitrogens is 3. The average Bonchev–Trinajstić information content (AvgIpc) is 3.01. The van der Waals surface area contributed by atoms with E-state index in [2.05, 4.69) is 25.9 Å². The molecule has 0 unspecified atom stereocenters. The van der Waals surface area contributed by atoms with Crippen molar-refractivity contribution in [3.63, 3.8) is 0 Å². The Morgan fingerprint density at radius 3 is 2.48 bits per heavy atom. The molecule has 0 N–H and O–H groups in total. The van der Waals surface area contributed by atoms with Gasteiger partial charge in [-0.25, -0.2) is 9.97 Å². The third-order valence-corrected chi connectivity index (χ3v) is 4.02. The van der Waals surface area contributed by atoms with Crippen LogP contribution in [0.4, 0.5) is 17.6 Å². The number of ketones is 1. The second-order valence-corrected chi connectivity index (χ2v) is 6.30. The third-order valence-electron chi connectivity index (χ3n) is 3.50. The Morgan fingerprint density at radius 2 is 1.89 bits per heavy atom. The molecule has 2 aromatic heterocycles. The maximum atomic E-state index is 13.4. The first-order chi connectivity index (χ1) is 12.7. The van der Waals surface area contributed by atoms with Gasteiger partial charge in [-0.15, -0.1) is 0 Å². The lowest BCUT2D eigenvalue weighted by Gasteiger charge is -2.14. The van der Waals surface area contributed by atoms with Crippen molar-refractivity contribution in [2.75, 3.05) is 0 Å². The van der Waals surface area contributed by atoms with Crippen LogP contribution in [0.2, 0.25) is 0 Å². The number of nitrogens with zero attached hydrogens (tertiary/aromatic N) is 3. The van der Waals surface area contributed by atoms with E-state index >= 15 is 0 Å². The van der Waals surface area contributed by atoms with Crippen molar-refractivity contribution < 1.29 is 27.1 Å². The molecule has 0 radical (unpaired) electrons. The van der Waals surface area contributed by atoms with E-state index in [0.29, 0.717) is 6.07 Å². The largest absolute Gasteiger partial charge is 0.439 e. The summed E-state index contributed by atoms with van der Waals surface area (Å²) in [5, 5.41) is 0. The van der Waals surface area contributed by atoms with Crippen LogP contribution in [0, 0.1) is 5.95 Å². The topological polar surface area (TPSA) is 57.0 Å². The van der Waals surface area contributed by atoms with Crippen LogP contribution in [-0.4, -0.2) is 20.3 Å². The monoisotopic (exact) mass is 443 g/mol. The molecule has 0 aliphatic carbocycles. The van der Waals surface area contributed by atoms with Gasteiger partial charge in [-0.3, -0.25) is 9.36 Å². The van der Waals surface area contributed by atoms with Crippen molar-refractivity contribution in [2.24, 2.45) is 0 Å². The first-order valence-electron chi connectivity index (χ1n) is 7.43. The first kappa shape index (κ1) is 19.0. The van der Waals surface area contributed by atoms with Gasteiger partial charge in [0.1, 0.15) is 5.75 Å². The molecule has 27 heavy (non-hydrogen) atoms. The highest BCUT2D eigenvalue weighted by atomic mass is 79.9. The molecule has 3 rings (SSSR count). The third kappa shape index (κ3) is 4.51. The maximum absolute atomic E-state index is 13.4. The predicted molar refractivity (Wildman–Crippen MR) is 90.0 cm³/mol. The molecule has 140 valence electrons. The Morgan fingerprint density at radius 1 is 1.19 bits per heavy atom. The lowest BCUT2D eigenvalue weighted by Crippen LogP contribution is -2.18. The van der Waals surface area contributed by atoms with Gasteiger partial charge in [0, 0.05) is 16.7 Å². The van der Waals surface area contributed by atoms with Gasteiger partial charge in [0.2, 0.25) is 11.8 Å². The van der Waals surface area contributed by atoms with Crippen LogP contribution in [0.25, 0.3) is 0 Å². The highest BCUT2D eigenvalue weighted by Crippen LogP contribution is 2.35. The van der Waals surface area contributed by atoms with Gasteiger partial charge in [-0.2, -0.15) is 17.6 Å². The zero-order valence-electron chi connectivity index (χ0n) is 13.4. The Labute approximate surface area is 158 Å². The molecule has 10 heteroatoms. The Kier molecular flexibility index (Phi) is 5.26. The molecule has 0 fully saturated rings. The molecular weight excluding hydrogens is 434 g/mol. The zero-order chi connectivity index (χ0) is 19.6. The van der Waals surface area contributed by atoms with E-state index in [-0.39, 0.29) is 11.6 Å². The summed E-state index contributed by atoms with van der Waals surface area (Å²) in [6.45, 7) is -0.635. The van der Waals surface area contributed by atoms with E-state index < -0.39 is 35.6 Å². The summed E-state index contributed by atoms with van der Waals surface area (Å²) in [5.74, 6) is -1.84. The minimum atomic E-state index is -4.82. The summed E-state index contributed by atoms with van der Waals surface area (Å²) in [4.78, 5) is 19.5. The van der Waals surface area contributed by atoms with E-state index in [4.69, 9.17) is 4.74 Å². The van der Waals surface area contributed by atoms with E-state index in [1.807, 2.05) is 0 Å². The molecule has 1 aromatic carbocycles. The molecule has 0 aliphatic rings. The number of carbonyl (C=O) groups excluding carboxylic acids is 1. The number of ether oxygens (including phenoxy) is 1. The van der Waals surface area contributed by atoms with E-state index in [9.17, 15) is 22.4 Å². The number of halogens is 5. The second-order valence-electron chi connectivity index (χ2n) is 5.39. The number of imidazole rings is 1. The molecule has 0 saturated carbocycles. The highest BCUT2D eigenvalue weighted by Gasteiger charge is 2.36. The summed E-state index contributed by atoms with van der Waals surface area (Å²) >= 11 is 3.23. The van der Waals surface area contributed by atoms with E-state index in [1.165, 1.54) is 0 Å². The van der Waals surface area contributed by atoms with Crippen molar-refractivity contribution in [1.29, 1.82) is 0 Å². The van der Waals surface area contributed by atoms with Gasteiger partial charge in [0.15, 0.2) is 5.78 Å². The smallest absolute Gasteiger partial charge is 0.417 e. The van der Waals surface area contributed by atoms with Crippen LogP contribution in [0.3, 0.4) is 0 Å². The van der Waals surface area contributed by atoms with Gasteiger partial charge < -0.3 is 4.74 Å². The summed E-state index contributed by atoms with van der Waals surface area (Å²) in [6.07, 6.45) is -2.18. The zero-order valence-corrected chi connectivity index (χ0v) is 15.0. The van der Waals surface area contributed by atoms with Crippen LogP contribution in [0.15, 0.2) is 53.5 Å². The Bertz CT molecular complexity index is 971. The second kappa shape index (κ2) is 7.47. The van der Waals surface area contributed by atoms with E-state index in [1.54, 1.807) is 24.3 Å².